The summed E-state index contributed by atoms with van der Waals surface area (Å²) in [4.78, 5) is 2.31. The van der Waals surface area contributed by atoms with Gasteiger partial charge in [-0.05, 0) is 36.4 Å². The second-order valence-electron chi connectivity index (χ2n) is 4.64. The molecule has 0 spiro atoms. The lowest BCUT2D eigenvalue weighted by Crippen LogP contribution is -2.12. The molecule has 0 aromatic heterocycles. The van der Waals surface area contributed by atoms with Crippen molar-refractivity contribution >= 4 is 21.5 Å². The summed E-state index contributed by atoms with van der Waals surface area (Å²) in [6.07, 6.45) is 0. The molecule has 1 nitrogen and oxygen atoms in total. The Morgan fingerprint density at radius 2 is 1.10 bits per heavy atom. The van der Waals surface area contributed by atoms with E-state index in [4.69, 9.17) is 11.6 Å². The normalized spacial score (nSPS) is 11.3. The first-order valence-corrected chi connectivity index (χ1v) is 8.55. The van der Waals surface area contributed by atoms with Crippen LogP contribution in [0.5, 0.6) is 0 Å². The highest BCUT2D eigenvalue weighted by Gasteiger charge is 2.37. The van der Waals surface area contributed by atoms with Gasteiger partial charge in [-0.25, -0.2) is 0 Å². The predicted molar refractivity (Wildman–Crippen MR) is 87.2 cm³/mol. The van der Waals surface area contributed by atoms with Crippen LogP contribution < -0.4 is 0 Å². The summed E-state index contributed by atoms with van der Waals surface area (Å²) in [7, 11) is -2.53. The van der Waals surface area contributed by atoms with E-state index in [0.717, 1.165) is 14.7 Å². The zero-order chi connectivity index (χ0) is 14.7. The smallest absolute Gasteiger partial charge is 0.0875 e. The van der Waals surface area contributed by atoms with E-state index in [9.17, 15) is 4.21 Å². The van der Waals surface area contributed by atoms with Crippen molar-refractivity contribution in [2.45, 2.75) is 14.7 Å². The Balaban J connectivity index is 2.29. The number of hydrogen-bond donors (Lipinski definition) is 0. The van der Waals surface area contributed by atoms with E-state index in [1.807, 2.05) is 72.8 Å². The van der Waals surface area contributed by atoms with Crippen molar-refractivity contribution in [2.24, 2.45) is 0 Å². The zero-order valence-electron chi connectivity index (χ0n) is 11.3. The fraction of sp³-hybridized carbons (Fsp3) is 0. The third-order valence-electron chi connectivity index (χ3n) is 3.28. The van der Waals surface area contributed by atoms with E-state index in [1.165, 1.54) is 0 Å². The molecule has 0 unspecified atom stereocenters. The van der Waals surface area contributed by atoms with Crippen LogP contribution in [0.1, 0.15) is 0 Å². The largest absolute Gasteiger partial charge is 0.182 e. The van der Waals surface area contributed by atoms with Crippen LogP contribution in [0.15, 0.2) is 99.6 Å². The van der Waals surface area contributed by atoms with Gasteiger partial charge in [-0.3, -0.25) is 0 Å². The lowest BCUT2D eigenvalue weighted by Gasteiger charge is -2.12. The topological polar surface area (TPSA) is 17.1 Å². The van der Waals surface area contributed by atoms with Crippen LogP contribution in [0, 0.1) is 0 Å². The van der Waals surface area contributed by atoms with Gasteiger partial charge in [0.2, 0.25) is 0 Å². The molecule has 0 aliphatic heterocycles. The maximum absolute atomic E-state index is 13.9. The van der Waals surface area contributed by atoms with E-state index >= 15 is 0 Å². The van der Waals surface area contributed by atoms with E-state index in [-0.39, 0.29) is 0 Å². The highest BCUT2D eigenvalue weighted by Crippen LogP contribution is 2.37. The molecule has 0 radical (unpaired) electrons. The molecule has 0 N–H and O–H groups in total. The molecule has 0 atom stereocenters. The van der Waals surface area contributed by atoms with Crippen molar-refractivity contribution in [3.8, 4) is 0 Å². The van der Waals surface area contributed by atoms with Gasteiger partial charge < -0.3 is 0 Å². The van der Waals surface area contributed by atoms with Crippen LogP contribution in [0.4, 0.5) is 0 Å². The Morgan fingerprint density at radius 3 is 1.57 bits per heavy atom. The van der Waals surface area contributed by atoms with Gasteiger partial charge in [0, 0.05) is 11.1 Å². The maximum Gasteiger partial charge on any atom is 0.182 e. The Morgan fingerprint density at radius 1 is 0.619 bits per heavy atom. The van der Waals surface area contributed by atoms with E-state index in [0.29, 0.717) is 5.02 Å². The number of benzene rings is 3. The second-order valence-corrected chi connectivity index (χ2v) is 7.60. The van der Waals surface area contributed by atoms with Gasteiger partial charge >= 0.3 is 0 Å². The molecule has 0 heterocycles. The summed E-state index contributed by atoms with van der Waals surface area (Å²) < 4.78 is 13.9. The fourth-order valence-corrected chi connectivity index (χ4v) is 4.99. The van der Waals surface area contributed by atoms with Gasteiger partial charge in [0.25, 0.3) is 0 Å². The molecule has 0 bridgehead atoms. The number of rotatable bonds is 3. The second kappa shape index (κ2) is 5.84. The summed E-state index contributed by atoms with van der Waals surface area (Å²) in [5, 5.41) is 0.590. The molecule has 3 aromatic carbocycles. The van der Waals surface area contributed by atoms with Gasteiger partial charge in [0.15, 0.2) is 24.6 Å². The van der Waals surface area contributed by atoms with Crippen LogP contribution in [0.3, 0.4) is 0 Å². The minimum Gasteiger partial charge on any atom is -0.0875 e. The molecule has 3 aromatic rings. The van der Waals surface area contributed by atoms with Crippen LogP contribution in [0.25, 0.3) is 0 Å². The van der Waals surface area contributed by atoms with Gasteiger partial charge in [-0.15, -0.1) is 0 Å². The average molecular weight is 314 g/mol. The molecule has 0 aliphatic carbocycles. The van der Waals surface area contributed by atoms with Crippen LogP contribution in [0.2, 0.25) is 5.02 Å². The average Bonchev–Trinajstić information content (AvgIpc) is 2.56. The highest BCUT2D eigenvalue weighted by atomic mass is 35.5. The van der Waals surface area contributed by atoms with Gasteiger partial charge in [-0.1, -0.05) is 58.3 Å². The van der Waals surface area contributed by atoms with Crippen molar-refractivity contribution in [1.29, 1.82) is 0 Å². The summed E-state index contributed by atoms with van der Waals surface area (Å²) in [6, 6.07) is 26.3. The molecule has 104 valence electrons. The Labute approximate surface area is 130 Å². The van der Waals surface area contributed by atoms with Crippen LogP contribution in [-0.2, 0) is 14.1 Å². The zero-order valence-corrected chi connectivity index (χ0v) is 12.8. The van der Waals surface area contributed by atoms with Gasteiger partial charge in [0.05, 0.1) is 0 Å². The SMILES string of the molecule is O=[S+](c1ccccc1)(c1ccccc1)c1cccc(Cl)c1. The molecule has 0 amide bonds. The van der Waals surface area contributed by atoms with Crippen molar-refractivity contribution in [3.05, 3.63) is 90.0 Å². The lowest BCUT2D eigenvalue weighted by molar-refractivity contribution is 0.584. The molecule has 3 rings (SSSR count). The van der Waals surface area contributed by atoms with Crippen LogP contribution >= 0.6 is 11.6 Å². The standard InChI is InChI=1S/C18H14ClOS/c19-15-8-7-13-18(14-15)21(20,16-9-3-1-4-10-16)17-11-5-2-6-12-17/h1-14H/q+1. The first-order chi connectivity index (χ1) is 10.2. The Bertz CT molecular complexity index is 741. The maximum atomic E-state index is 13.9. The molecular formula is C18H14ClOS+. The minimum atomic E-state index is -2.53. The third kappa shape index (κ3) is 2.65. The van der Waals surface area contributed by atoms with E-state index < -0.39 is 9.93 Å². The predicted octanol–water partition coefficient (Wildman–Crippen LogP) is 5.32. The van der Waals surface area contributed by atoms with Crippen molar-refractivity contribution < 1.29 is 4.21 Å². The molecule has 0 saturated carbocycles. The lowest BCUT2D eigenvalue weighted by atomic mass is 10.4. The third-order valence-corrected chi connectivity index (χ3v) is 6.30. The van der Waals surface area contributed by atoms with E-state index in [2.05, 4.69) is 0 Å². The minimum absolute atomic E-state index is 0.590. The summed E-state index contributed by atoms with van der Waals surface area (Å²) in [5.41, 5.74) is 0. The molecule has 3 heteroatoms. The quantitative estimate of drug-likeness (QED) is 0.598. The fourth-order valence-electron chi connectivity index (χ4n) is 2.28. The first-order valence-electron chi connectivity index (χ1n) is 6.61. The molecule has 21 heavy (non-hydrogen) atoms. The number of halogens is 1. The van der Waals surface area contributed by atoms with Crippen LogP contribution in [-0.4, -0.2) is 0 Å². The van der Waals surface area contributed by atoms with Gasteiger partial charge in [-0.2, -0.15) is 0 Å². The summed E-state index contributed by atoms with van der Waals surface area (Å²) in [5.74, 6) is 0. The summed E-state index contributed by atoms with van der Waals surface area (Å²) >= 11 is 6.10. The Hall–Kier alpha value is -1.90. The Kier molecular flexibility index (Phi) is 3.91. The molecule has 0 aliphatic rings. The van der Waals surface area contributed by atoms with Gasteiger partial charge in [0.1, 0.15) is 0 Å². The first kappa shape index (κ1) is 14.1. The molecule has 0 fully saturated rings. The van der Waals surface area contributed by atoms with E-state index in [1.54, 1.807) is 12.1 Å². The molecule has 0 saturated heterocycles. The summed E-state index contributed by atoms with van der Waals surface area (Å²) in [6.45, 7) is 0. The van der Waals surface area contributed by atoms with Crippen molar-refractivity contribution in [3.63, 3.8) is 0 Å². The van der Waals surface area contributed by atoms with Crippen molar-refractivity contribution in [2.75, 3.05) is 0 Å². The highest BCUT2D eigenvalue weighted by molar-refractivity contribution is 8.03. The number of hydrogen-bond acceptors (Lipinski definition) is 1. The monoisotopic (exact) mass is 313 g/mol. The van der Waals surface area contributed by atoms with Crippen molar-refractivity contribution in [1.82, 2.24) is 0 Å². The molecular weight excluding hydrogens is 300 g/mol.